The highest BCUT2D eigenvalue weighted by atomic mass is 19.3. The number of nitrogens with zero attached hydrogens (tertiary/aromatic N) is 1. The summed E-state index contributed by atoms with van der Waals surface area (Å²) in [6.45, 7) is 5.20. The third-order valence-corrected chi connectivity index (χ3v) is 7.35. The molecule has 36 heavy (non-hydrogen) atoms. The van der Waals surface area contributed by atoms with Crippen molar-refractivity contribution in [2.75, 3.05) is 19.7 Å². The van der Waals surface area contributed by atoms with E-state index in [0.29, 0.717) is 66.7 Å². The minimum Gasteiger partial charge on any atom is -0.493 e. The second-order valence-corrected chi connectivity index (χ2v) is 9.99. The molecular weight excluding hydrogens is 466 g/mol. The molecule has 1 saturated heterocycles. The van der Waals surface area contributed by atoms with E-state index in [1.165, 1.54) is 12.1 Å². The number of rotatable bonds is 7. The number of ether oxygens (including phenoxy) is 1. The van der Waals surface area contributed by atoms with Crippen LogP contribution in [0.3, 0.4) is 0 Å². The van der Waals surface area contributed by atoms with E-state index in [0.717, 1.165) is 18.4 Å². The number of hydrogen-bond donors (Lipinski definition) is 3. The van der Waals surface area contributed by atoms with Crippen LogP contribution < -0.4 is 15.4 Å². The number of piperidine rings is 1. The van der Waals surface area contributed by atoms with Gasteiger partial charge in [0.05, 0.1) is 23.9 Å². The van der Waals surface area contributed by atoms with E-state index in [9.17, 15) is 18.4 Å². The summed E-state index contributed by atoms with van der Waals surface area (Å²) in [7, 11) is 0. The van der Waals surface area contributed by atoms with Crippen LogP contribution in [-0.4, -0.2) is 47.4 Å². The number of fused-ring (bicyclic) bond motifs is 1. The van der Waals surface area contributed by atoms with Crippen molar-refractivity contribution in [1.82, 2.24) is 20.5 Å². The number of alkyl halides is 2. The molecule has 1 unspecified atom stereocenters. The van der Waals surface area contributed by atoms with Crippen molar-refractivity contribution in [1.29, 1.82) is 0 Å². The molecule has 1 atom stereocenters. The molecule has 192 valence electrons. The normalized spacial score (nSPS) is 20.2. The van der Waals surface area contributed by atoms with Crippen molar-refractivity contribution in [3.63, 3.8) is 0 Å². The zero-order valence-corrected chi connectivity index (χ0v) is 20.6. The molecule has 7 nitrogen and oxygen atoms in total. The number of amides is 2. The maximum atomic E-state index is 13.6. The summed E-state index contributed by atoms with van der Waals surface area (Å²) in [5.74, 6) is 0.950. The molecule has 2 aromatic rings. The summed E-state index contributed by atoms with van der Waals surface area (Å²) in [5, 5.41) is 6.52. The maximum absolute atomic E-state index is 13.6. The van der Waals surface area contributed by atoms with Crippen molar-refractivity contribution >= 4 is 17.4 Å². The monoisotopic (exact) mass is 498 g/mol. The lowest BCUT2D eigenvalue weighted by Crippen LogP contribution is -2.46. The van der Waals surface area contributed by atoms with Crippen LogP contribution in [0.2, 0.25) is 0 Å². The predicted molar refractivity (Wildman–Crippen MR) is 131 cm³/mol. The van der Waals surface area contributed by atoms with Gasteiger partial charge in [0.1, 0.15) is 5.75 Å². The number of carbonyl (C=O) groups excluding carboxylic acids is 2. The van der Waals surface area contributed by atoms with Gasteiger partial charge in [-0.05, 0) is 62.8 Å². The molecule has 1 aliphatic carbocycles. The Labute approximate surface area is 209 Å². The molecule has 1 aromatic heterocycles. The van der Waals surface area contributed by atoms with Gasteiger partial charge in [0.15, 0.2) is 0 Å². The van der Waals surface area contributed by atoms with Crippen LogP contribution in [0, 0.1) is 5.92 Å². The Morgan fingerprint density at radius 1 is 1.14 bits per heavy atom. The first-order chi connectivity index (χ1) is 17.3. The highest BCUT2D eigenvalue weighted by Crippen LogP contribution is 2.41. The molecule has 0 radical (unpaired) electrons. The molecule has 2 fully saturated rings. The fourth-order valence-electron chi connectivity index (χ4n) is 5.07. The van der Waals surface area contributed by atoms with E-state index >= 15 is 0 Å². The van der Waals surface area contributed by atoms with Gasteiger partial charge in [-0.25, -0.2) is 8.78 Å². The molecule has 2 aliphatic heterocycles. The number of carbonyl (C=O) groups is 2. The number of benzene rings is 1. The van der Waals surface area contributed by atoms with Gasteiger partial charge in [-0.2, -0.15) is 0 Å². The van der Waals surface area contributed by atoms with Crippen LogP contribution in [0.15, 0.2) is 36.2 Å². The lowest BCUT2D eigenvalue weighted by molar-refractivity contribution is -0.129. The Kier molecular flexibility index (Phi) is 6.73. The number of likely N-dealkylation sites (tertiary alicyclic amines) is 1. The summed E-state index contributed by atoms with van der Waals surface area (Å²) in [4.78, 5) is 29.9. The molecule has 0 spiro atoms. The summed E-state index contributed by atoms with van der Waals surface area (Å²) in [5.41, 5.74) is 3.20. The molecule has 0 bridgehead atoms. The molecule has 3 N–H and O–H groups in total. The second kappa shape index (κ2) is 9.95. The van der Waals surface area contributed by atoms with Crippen LogP contribution in [0.25, 0.3) is 5.57 Å². The molecule has 1 saturated carbocycles. The topological polar surface area (TPSA) is 86.5 Å². The first-order valence-corrected chi connectivity index (χ1v) is 12.6. The molecule has 5 rings (SSSR count). The van der Waals surface area contributed by atoms with Gasteiger partial charge in [0.25, 0.3) is 12.3 Å². The summed E-state index contributed by atoms with van der Waals surface area (Å²) >= 11 is 0. The van der Waals surface area contributed by atoms with E-state index in [4.69, 9.17) is 4.74 Å². The molecule has 3 heterocycles. The third-order valence-electron chi connectivity index (χ3n) is 7.35. The molecule has 3 aliphatic rings. The largest absolute Gasteiger partial charge is 0.493 e. The summed E-state index contributed by atoms with van der Waals surface area (Å²) in [6.07, 6.45) is 2.83. The zero-order valence-electron chi connectivity index (χ0n) is 20.6. The van der Waals surface area contributed by atoms with Crippen molar-refractivity contribution in [2.45, 2.75) is 58.0 Å². The number of nitrogens with one attached hydrogen (secondary N) is 3. The Morgan fingerprint density at radius 2 is 1.89 bits per heavy atom. The highest BCUT2D eigenvalue weighted by Gasteiger charge is 2.34. The van der Waals surface area contributed by atoms with E-state index in [1.54, 1.807) is 24.1 Å². The van der Waals surface area contributed by atoms with Crippen molar-refractivity contribution in [2.24, 2.45) is 5.92 Å². The van der Waals surface area contributed by atoms with Crippen molar-refractivity contribution in [3.05, 3.63) is 58.5 Å². The van der Waals surface area contributed by atoms with E-state index < -0.39 is 12.5 Å². The van der Waals surface area contributed by atoms with Crippen LogP contribution in [0.1, 0.15) is 74.4 Å². The fourth-order valence-corrected chi connectivity index (χ4v) is 5.07. The third kappa shape index (κ3) is 4.96. The second-order valence-electron chi connectivity index (χ2n) is 9.99. The number of allylic oxidation sites excluding steroid dienone is 1. The van der Waals surface area contributed by atoms with Gasteiger partial charge < -0.3 is 25.3 Å². The Balaban J connectivity index is 1.39. The van der Waals surface area contributed by atoms with Gasteiger partial charge in [0.2, 0.25) is 5.91 Å². The lowest BCUT2D eigenvalue weighted by Gasteiger charge is -2.33. The molecule has 2 amide bonds. The zero-order chi connectivity index (χ0) is 25.4. The smallest absolute Gasteiger partial charge is 0.263 e. The lowest BCUT2D eigenvalue weighted by atomic mass is 9.89. The Bertz CT molecular complexity index is 1180. The number of H-pyrrole nitrogens is 1. The molecular formula is C27H32F2N4O3. The first-order valence-electron chi connectivity index (χ1n) is 12.6. The fraction of sp³-hybridized carbons (Fsp3) is 0.481. The number of aromatic nitrogens is 1. The average Bonchev–Trinajstić information content (AvgIpc) is 3.56. The van der Waals surface area contributed by atoms with E-state index in [2.05, 4.69) is 15.6 Å². The average molecular weight is 499 g/mol. The van der Waals surface area contributed by atoms with Gasteiger partial charge in [-0.3, -0.25) is 9.59 Å². The Hall–Kier alpha value is -3.36. The number of halogens is 2. The van der Waals surface area contributed by atoms with Crippen LogP contribution in [0.4, 0.5) is 8.78 Å². The van der Waals surface area contributed by atoms with Crippen molar-refractivity contribution in [3.8, 4) is 5.75 Å². The van der Waals surface area contributed by atoms with E-state index in [1.807, 2.05) is 13.0 Å². The highest BCUT2D eigenvalue weighted by molar-refractivity contribution is 6.20. The quantitative estimate of drug-likeness (QED) is 0.532. The standard InChI is InChI=1S/C27H32F2N4O3/c1-15-23(27(35)32-19-8-11-33(12-9-19)16(2)34)25-20(7-10-30-25)24(31-15)21-13-18(26(28)29)5-6-22(21)36-14-17-3-4-17/h5-7,10,13,17,19,24,26,30-31H,3-4,8-9,11-12,14H2,1-2H3,(H,32,35). The Morgan fingerprint density at radius 3 is 2.56 bits per heavy atom. The summed E-state index contributed by atoms with van der Waals surface area (Å²) in [6, 6.07) is 5.96. The number of aromatic amines is 1. The van der Waals surface area contributed by atoms with Crippen LogP contribution in [-0.2, 0) is 9.59 Å². The van der Waals surface area contributed by atoms with Gasteiger partial charge in [-0.1, -0.05) is 0 Å². The minimum absolute atomic E-state index is 0.0188. The molecule has 1 aromatic carbocycles. The SMILES string of the molecule is CC(=O)N1CCC(NC(=O)C2=C(C)NC(c3cc(C(F)F)ccc3OCC3CC3)c3cc[nH]c32)CC1. The number of hydrogen-bond acceptors (Lipinski definition) is 4. The first kappa shape index (κ1) is 24.3. The molecule has 9 heteroatoms. The van der Waals surface area contributed by atoms with E-state index in [-0.39, 0.29) is 23.4 Å². The van der Waals surface area contributed by atoms with Gasteiger partial charge in [0, 0.05) is 54.6 Å². The minimum atomic E-state index is -2.59. The van der Waals surface area contributed by atoms with Gasteiger partial charge >= 0.3 is 0 Å². The predicted octanol–water partition coefficient (Wildman–Crippen LogP) is 4.29. The van der Waals surface area contributed by atoms with Gasteiger partial charge in [-0.15, -0.1) is 0 Å². The van der Waals surface area contributed by atoms with Crippen LogP contribution in [0.5, 0.6) is 5.75 Å². The maximum Gasteiger partial charge on any atom is 0.263 e. The van der Waals surface area contributed by atoms with Crippen LogP contribution >= 0.6 is 0 Å². The summed E-state index contributed by atoms with van der Waals surface area (Å²) < 4.78 is 33.2. The van der Waals surface area contributed by atoms with Crippen molar-refractivity contribution < 1.29 is 23.1 Å².